The molecule has 2 aliphatic heterocycles. The number of nitrogens with zero attached hydrogens (tertiary/aromatic N) is 1. The first-order valence-corrected chi connectivity index (χ1v) is 9.33. The third-order valence-electron chi connectivity index (χ3n) is 4.78. The number of carbonyl (C=O) groups is 3. The number of ether oxygens (including phenoxy) is 1. The number of para-hydroxylation sites is 1. The van der Waals surface area contributed by atoms with Gasteiger partial charge in [0.2, 0.25) is 5.91 Å². The second-order valence-corrected chi connectivity index (χ2v) is 8.15. The molecule has 0 aliphatic carbocycles. The van der Waals surface area contributed by atoms with Crippen LogP contribution in [-0.4, -0.2) is 45.5 Å². The molecule has 1 N–H and O–H groups in total. The molecule has 0 aromatic heterocycles. The monoisotopic (exact) mass is 362 g/mol. The highest BCUT2D eigenvalue weighted by Gasteiger charge is 2.53. The first-order chi connectivity index (χ1) is 11.8. The van der Waals surface area contributed by atoms with Crippen molar-refractivity contribution >= 4 is 35.2 Å². The minimum absolute atomic E-state index is 0.0218. The topological polar surface area (TPSA) is 75.7 Å². The van der Waals surface area contributed by atoms with Crippen LogP contribution in [0.4, 0.5) is 5.69 Å². The fourth-order valence-electron chi connectivity index (χ4n) is 3.25. The van der Waals surface area contributed by atoms with E-state index in [-0.39, 0.29) is 16.7 Å². The first kappa shape index (κ1) is 17.8. The van der Waals surface area contributed by atoms with Gasteiger partial charge in [0.25, 0.3) is 5.91 Å². The van der Waals surface area contributed by atoms with Gasteiger partial charge in [-0.25, -0.2) is 4.79 Å². The van der Waals surface area contributed by atoms with Crippen LogP contribution < -0.4 is 5.32 Å². The van der Waals surface area contributed by atoms with E-state index in [1.807, 2.05) is 32.0 Å². The zero-order valence-electron chi connectivity index (χ0n) is 14.6. The summed E-state index contributed by atoms with van der Waals surface area (Å²) in [6.07, 6.45) is 0.266. The number of thioether (sulfide) groups is 1. The molecule has 6 nitrogen and oxygen atoms in total. The average molecular weight is 362 g/mol. The standard InChI is InChI=1S/C18H22N2O4S/c1-11-6-4-5-7-13(11)19-16(22)12(2)24-17(23)14-10-25-18(3)9-8-15(21)20(14)18/h4-7,12,14H,8-10H2,1-3H3,(H,19,22)/t12-,14-,18+/m0/s1. The highest BCUT2D eigenvalue weighted by Crippen LogP contribution is 2.47. The van der Waals surface area contributed by atoms with E-state index in [1.54, 1.807) is 29.7 Å². The highest BCUT2D eigenvalue weighted by molar-refractivity contribution is 8.01. The molecule has 2 fully saturated rings. The lowest BCUT2D eigenvalue weighted by Crippen LogP contribution is -2.48. The maximum Gasteiger partial charge on any atom is 0.330 e. The van der Waals surface area contributed by atoms with E-state index in [0.29, 0.717) is 17.9 Å². The highest BCUT2D eigenvalue weighted by atomic mass is 32.2. The fourth-order valence-corrected chi connectivity index (χ4v) is 4.67. The van der Waals surface area contributed by atoms with Crippen LogP contribution in [0, 0.1) is 6.92 Å². The molecule has 134 valence electrons. The van der Waals surface area contributed by atoms with Crippen molar-refractivity contribution in [2.45, 2.75) is 50.6 Å². The Hall–Kier alpha value is -2.02. The molecule has 2 saturated heterocycles. The fraction of sp³-hybridized carbons (Fsp3) is 0.500. The first-order valence-electron chi connectivity index (χ1n) is 8.35. The van der Waals surface area contributed by atoms with Gasteiger partial charge in [0.05, 0.1) is 4.87 Å². The lowest BCUT2D eigenvalue weighted by atomic mass is 10.2. The van der Waals surface area contributed by atoms with Gasteiger partial charge in [0, 0.05) is 17.9 Å². The quantitative estimate of drug-likeness (QED) is 0.832. The number of benzene rings is 1. The number of hydrogen-bond acceptors (Lipinski definition) is 5. The maximum atomic E-state index is 12.5. The van der Waals surface area contributed by atoms with Gasteiger partial charge < -0.3 is 15.0 Å². The lowest BCUT2D eigenvalue weighted by Gasteiger charge is -2.29. The van der Waals surface area contributed by atoms with Crippen LogP contribution in [0.2, 0.25) is 0 Å². The molecule has 0 unspecified atom stereocenters. The van der Waals surface area contributed by atoms with Gasteiger partial charge in [-0.1, -0.05) is 18.2 Å². The number of fused-ring (bicyclic) bond motifs is 1. The zero-order chi connectivity index (χ0) is 18.2. The molecule has 3 atom stereocenters. The Kier molecular flexibility index (Phi) is 4.77. The van der Waals surface area contributed by atoms with Crippen molar-refractivity contribution in [1.82, 2.24) is 4.90 Å². The van der Waals surface area contributed by atoms with Gasteiger partial charge in [-0.15, -0.1) is 11.8 Å². The van der Waals surface area contributed by atoms with Crippen molar-refractivity contribution in [3.05, 3.63) is 29.8 Å². The van der Waals surface area contributed by atoms with Crippen LogP contribution >= 0.6 is 11.8 Å². The molecule has 0 spiro atoms. The number of amides is 2. The SMILES string of the molecule is Cc1ccccc1NC(=O)[C@H](C)OC(=O)[C@@H]1CS[C@]2(C)CCC(=O)N12. The van der Waals surface area contributed by atoms with Crippen molar-refractivity contribution in [3.63, 3.8) is 0 Å². The molecule has 2 amide bonds. The number of nitrogens with one attached hydrogen (secondary N) is 1. The van der Waals surface area contributed by atoms with Crippen LogP contribution in [0.25, 0.3) is 0 Å². The molecule has 25 heavy (non-hydrogen) atoms. The van der Waals surface area contributed by atoms with Gasteiger partial charge in [-0.05, 0) is 38.8 Å². The predicted molar refractivity (Wildman–Crippen MR) is 96.1 cm³/mol. The number of rotatable bonds is 4. The number of hydrogen-bond donors (Lipinski definition) is 1. The number of esters is 1. The van der Waals surface area contributed by atoms with Crippen molar-refractivity contribution in [1.29, 1.82) is 0 Å². The van der Waals surface area contributed by atoms with Crippen LogP contribution in [0.1, 0.15) is 32.3 Å². The maximum absolute atomic E-state index is 12.5. The average Bonchev–Trinajstić information content (AvgIpc) is 3.06. The molecule has 0 radical (unpaired) electrons. The Morgan fingerprint density at radius 2 is 2.12 bits per heavy atom. The van der Waals surface area contributed by atoms with E-state index in [2.05, 4.69) is 5.32 Å². The summed E-state index contributed by atoms with van der Waals surface area (Å²) >= 11 is 1.60. The molecule has 7 heteroatoms. The normalized spacial score (nSPS) is 26.3. The van der Waals surface area contributed by atoms with Gasteiger partial charge >= 0.3 is 5.97 Å². The van der Waals surface area contributed by atoms with Gasteiger partial charge in [0.1, 0.15) is 6.04 Å². The molecule has 0 saturated carbocycles. The summed E-state index contributed by atoms with van der Waals surface area (Å²) in [4.78, 5) is 38.2. The molecular formula is C18H22N2O4S. The van der Waals surface area contributed by atoms with Crippen LogP contribution in [0.5, 0.6) is 0 Å². The van der Waals surface area contributed by atoms with E-state index in [1.165, 1.54) is 0 Å². The van der Waals surface area contributed by atoms with Crippen molar-refractivity contribution in [2.24, 2.45) is 0 Å². The minimum Gasteiger partial charge on any atom is -0.451 e. The van der Waals surface area contributed by atoms with Gasteiger partial charge in [-0.2, -0.15) is 0 Å². The van der Waals surface area contributed by atoms with E-state index in [0.717, 1.165) is 12.0 Å². The zero-order valence-corrected chi connectivity index (χ0v) is 15.4. The summed E-state index contributed by atoms with van der Waals surface area (Å²) < 4.78 is 5.35. The number of carbonyl (C=O) groups excluding carboxylic acids is 3. The Morgan fingerprint density at radius 3 is 2.84 bits per heavy atom. The van der Waals surface area contributed by atoms with Crippen molar-refractivity contribution in [3.8, 4) is 0 Å². The second kappa shape index (κ2) is 6.71. The Bertz CT molecular complexity index is 723. The minimum atomic E-state index is -0.929. The molecule has 2 heterocycles. The van der Waals surface area contributed by atoms with E-state index in [4.69, 9.17) is 4.74 Å². The number of anilines is 1. The summed E-state index contributed by atoms with van der Waals surface area (Å²) in [7, 11) is 0. The van der Waals surface area contributed by atoms with Crippen LogP contribution in [0.15, 0.2) is 24.3 Å². The van der Waals surface area contributed by atoms with Crippen LogP contribution in [0.3, 0.4) is 0 Å². The van der Waals surface area contributed by atoms with Gasteiger partial charge in [-0.3, -0.25) is 9.59 Å². The summed E-state index contributed by atoms with van der Waals surface area (Å²) in [5.74, 6) is -0.415. The summed E-state index contributed by atoms with van der Waals surface area (Å²) in [5.41, 5.74) is 1.62. The summed E-state index contributed by atoms with van der Waals surface area (Å²) in [6.45, 7) is 5.41. The molecule has 3 rings (SSSR count). The largest absolute Gasteiger partial charge is 0.451 e. The van der Waals surface area contributed by atoms with Crippen molar-refractivity contribution < 1.29 is 19.1 Å². The third kappa shape index (κ3) is 3.38. The van der Waals surface area contributed by atoms with Crippen LogP contribution in [-0.2, 0) is 19.1 Å². The smallest absolute Gasteiger partial charge is 0.330 e. The van der Waals surface area contributed by atoms with Gasteiger partial charge in [0.15, 0.2) is 6.10 Å². The molecule has 1 aromatic carbocycles. The summed E-state index contributed by atoms with van der Waals surface area (Å²) in [6, 6.07) is 6.79. The number of aryl methyl sites for hydroxylation is 1. The Morgan fingerprint density at radius 1 is 1.40 bits per heavy atom. The lowest BCUT2D eigenvalue weighted by molar-refractivity contribution is -0.160. The molecular weight excluding hydrogens is 340 g/mol. The second-order valence-electron chi connectivity index (χ2n) is 6.65. The molecule has 0 bridgehead atoms. The summed E-state index contributed by atoms with van der Waals surface area (Å²) in [5, 5.41) is 2.77. The van der Waals surface area contributed by atoms with E-state index < -0.39 is 18.1 Å². The molecule has 1 aromatic rings. The van der Waals surface area contributed by atoms with E-state index >= 15 is 0 Å². The van der Waals surface area contributed by atoms with E-state index in [9.17, 15) is 14.4 Å². The third-order valence-corrected chi connectivity index (χ3v) is 6.29. The predicted octanol–water partition coefficient (Wildman–Crippen LogP) is 2.32. The Labute approximate surface area is 151 Å². The molecule has 2 aliphatic rings. The van der Waals surface area contributed by atoms with Crippen molar-refractivity contribution in [2.75, 3.05) is 11.1 Å². The Balaban J connectivity index is 1.62.